The Labute approximate surface area is 105 Å². The Bertz CT molecular complexity index is 681. The number of carbonyl (C=O) groups is 1. The van der Waals surface area contributed by atoms with Crippen LogP contribution in [0.2, 0.25) is 0 Å². The van der Waals surface area contributed by atoms with Gasteiger partial charge in [0.25, 0.3) is 0 Å². The second kappa shape index (κ2) is 4.45. The zero-order valence-corrected chi connectivity index (χ0v) is 9.78. The smallest absolute Gasteiger partial charge is 0.184 e. The van der Waals surface area contributed by atoms with Crippen molar-refractivity contribution >= 4 is 16.6 Å². The lowest BCUT2D eigenvalue weighted by Gasteiger charge is -2.05. The first-order valence-electron chi connectivity index (χ1n) is 5.83. The van der Waals surface area contributed by atoms with Gasteiger partial charge in [-0.2, -0.15) is 5.10 Å². The van der Waals surface area contributed by atoms with Crippen LogP contribution in [-0.4, -0.2) is 15.6 Å². The van der Waals surface area contributed by atoms with E-state index in [0.29, 0.717) is 0 Å². The van der Waals surface area contributed by atoms with Crippen molar-refractivity contribution in [3.05, 3.63) is 66.5 Å². The number of aromatic nitrogens is 2. The van der Waals surface area contributed by atoms with E-state index in [1.807, 2.05) is 48.5 Å². The first kappa shape index (κ1) is 10.7. The van der Waals surface area contributed by atoms with Crippen LogP contribution in [0.1, 0.15) is 10.4 Å². The van der Waals surface area contributed by atoms with Gasteiger partial charge in [0.05, 0.1) is 0 Å². The standard InChI is InChI=1S/C15H12N2O/c18-15(11-17-10-4-9-16-17)14-8-3-6-12-5-1-2-7-13(12)14/h1-10H,11H2. The zero-order valence-electron chi connectivity index (χ0n) is 9.78. The Morgan fingerprint density at radius 3 is 2.72 bits per heavy atom. The highest BCUT2D eigenvalue weighted by molar-refractivity contribution is 6.07. The largest absolute Gasteiger partial charge is 0.292 e. The van der Waals surface area contributed by atoms with Crippen LogP contribution >= 0.6 is 0 Å². The Morgan fingerprint density at radius 2 is 1.89 bits per heavy atom. The summed E-state index contributed by atoms with van der Waals surface area (Å²) in [7, 11) is 0. The molecule has 0 unspecified atom stereocenters. The number of rotatable bonds is 3. The summed E-state index contributed by atoms with van der Waals surface area (Å²) >= 11 is 0. The van der Waals surface area contributed by atoms with Crippen molar-refractivity contribution in [1.82, 2.24) is 9.78 Å². The van der Waals surface area contributed by atoms with Gasteiger partial charge in [0.15, 0.2) is 5.78 Å². The molecule has 3 nitrogen and oxygen atoms in total. The molecule has 0 N–H and O–H groups in total. The van der Waals surface area contributed by atoms with Crippen molar-refractivity contribution in [3.8, 4) is 0 Å². The number of fused-ring (bicyclic) bond motifs is 1. The van der Waals surface area contributed by atoms with Crippen molar-refractivity contribution in [2.75, 3.05) is 0 Å². The lowest BCUT2D eigenvalue weighted by Crippen LogP contribution is -2.11. The molecule has 0 amide bonds. The number of hydrogen-bond acceptors (Lipinski definition) is 2. The van der Waals surface area contributed by atoms with Crippen LogP contribution < -0.4 is 0 Å². The number of Topliss-reactive ketones (excluding diaryl/α,β-unsaturated/α-hetero) is 1. The molecule has 3 rings (SSSR count). The molecular weight excluding hydrogens is 224 g/mol. The molecule has 1 heterocycles. The first-order valence-corrected chi connectivity index (χ1v) is 5.83. The minimum atomic E-state index is 0.0792. The van der Waals surface area contributed by atoms with E-state index < -0.39 is 0 Å². The third kappa shape index (κ3) is 1.91. The monoisotopic (exact) mass is 236 g/mol. The maximum atomic E-state index is 12.3. The molecule has 0 bridgehead atoms. The molecule has 88 valence electrons. The van der Waals surface area contributed by atoms with Gasteiger partial charge in [0.2, 0.25) is 0 Å². The van der Waals surface area contributed by atoms with Crippen molar-refractivity contribution in [2.45, 2.75) is 6.54 Å². The summed E-state index contributed by atoms with van der Waals surface area (Å²) in [6.07, 6.45) is 3.47. The SMILES string of the molecule is O=C(Cn1cccn1)c1cccc2ccccc12. The van der Waals surface area contributed by atoms with Gasteiger partial charge in [-0.1, -0.05) is 42.5 Å². The van der Waals surface area contributed by atoms with Gasteiger partial charge in [-0.15, -0.1) is 0 Å². The molecule has 0 saturated carbocycles. The normalized spacial score (nSPS) is 10.7. The highest BCUT2D eigenvalue weighted by Gasteiger charge is 2.10. The van der Waals surface area contributed by atoms with Gasteiger partial charge in [-0.25, -0.2) is 0 Å². The van der Waals surface area contributed by atoms with Gasteiger partial charge < -0.3 is 0 Å². The third-order valence-electron chi connectivity index (χ3n) is 2.95. The maximum Gasteiger partial charge on any atom is 0.184 e. The summed E-state index contributed by atoms with van der Waals surface area (Å²) in [4.78, 5) is 12.3. The maximum absolute atomic E-state index is 12.3. The Kier molecular flexibility index (Phi) is 2.65. The molecule has 0 aliphatic carbocycles. The average molecular weight is 236 g/mol. The Morgan fingerprint density at radius 1 is 1.06 bits per heavy atom. The summed E-state index contributed by atoms with van der Waals surface area (Å²) in [5, 5.41) is 6.14. The van der Waals surface area contributed by atoms with E-state index in [0.717, 1.165) is 16.3 Å². The van der Waals surface area contributed by atoms with Crippen molar-refractivity contribution < 1.29 is 4.79 Å². The number of ketones is 1. The summed E-state index contributed by atoms with van der Waals surface area (Å²) in [6, 6.07) is 15.5. The molecule has 0 fully saturated rings. The average Bonchev–Trinajstić information content (AvgIpc) is 2.91. The Hall–Kier alpha value is -2.42. The zero-order chi connectivity index (χ0) is 12.4. The van der Waals surface area contributed by atoms with Gasteiger partial charge in [0.1, 0.15) is 6.54 Å². The van der Waals surface area contributed by atoms with E-state index in [1.165, 1.54) is 0 Å². The molecular formula is C15H12N2O. The lowest BCUT2D eigenvalue weighted by molar-refractivity contribution is 0.0969. The molecule has 0 spiro atoms. The minimum absolute atomic E-state index is 0.0792. The van der Waals surface area contributed by atoms with Crippen LogP contribution in [0.15, 0.2) is 60.9 Å². The van der Waals surface area contributed by atoms with Crippen molar-refractivity contribution in [1.29, 1.82) is 0 Å². The van der Waals surface area contributed by atoms with Crippen LogP contribution in [0, 0.1) is 0 Å². The predicted octanol–water partition coefficient (Wildman–Crippen LogP) is 2.92. The van der Waals surface area contributed by atoms with E-state index >= 15 is 0 Å². The lowest BCUT2D eigenvalue weighted by atomic mass is 10.0. The van der Waals surface area contributed by atoms with Crippen molar-refractivity contribution in [3.63, 3.8) is 0 Å². The molecule has 18 heavy (non-hydrogen) atoms. The number of hydrogen-bond donors (Lipinski definition) is 0. The fraction of sp³-hybridized carbons (Fsp3) is 0.0667. The van der Waals surface area contributed by atoms with Crippen LogP contribution in [0.5, 0.6) is 0 Å². The highest BCUT2D eigenvalue weighted by atomic mass is 16.1. The van der Waals surface area contributed by atoms with Gasteiger partial charge in [0, 0.05) is 18.0 Å². The van der Waals surface area contributed by atoms with E-state index in [2.05, 4.69) is 5.10 Å². The van der Waals surface area contributed by atoms with E-state index in [-0.39, 0.29) is 12.3 Å². The fourth-order valence-electron chi connectivity index (χ4n) is 2.09. The van der Waals surface area contributed by atoms with E-state index in [1.54, 1.807) is 17.1 Å². The molecule has 0 aliphatic rings. The summed E-state index contributed by atoms with van der Waals surface area (Å²) in [5.74, 6) is 0.0792. The summed E-state index contributed by atoms with van der Waals surface area (Å²) in [5.41, 5.74) is 0.753. The van der Waals surface area contributed by atoms with Gasteiger partial charge >= 0.3 is 0 Å². The molecule has 3 aromatic rings. The fourth-order valence-corrected chi connectivity index (χ4v) is 2.09. The first-order chi connectivity index (χ1) is 8.84. The second-order valence-corrected chi connectivity index (χ2v) is 4.15. The highest BCUT2D eigenvalue weighted by Crippen LogP contribution is 2.19. The Balaban J connectivity index is 2.01. The van der Waals surface area contributed by atoms with E-state index in [9.17, 15) is 4.79 Å². The number of carbonyl (C=O) groups excluding carboxylic acids is 1. The topological polar surface area (TPSA) is 34.9 Å². The third-order valence-corrected chi connectivity index (χ3v) is 2.95. The predicted molar refractivity (Wildman–Crippen MR) is 70.5 cm³/mol. The van der Waals surface area contributed by atoms with Gasteiger partial charge in [-0.05, 0) is 16.8 Å². The molecule has 3 heteroatoms. The van der Waals surface area contributed by atoms with Crippen LogP contribution in [0.3, 0.4) is 0 Å². The second-order valence-electron chi connectivity index (χ2n) is 4.15. The number of benzene rings is 2. The molecule has 1 aromatic heterocycles. The number of nitrogens with zero attached hydrogens (tertiary/aromatic N) is 2. The quantitative estimate of drug-likeness (QED) is 0.655. The summed E-state index contributed by atoms with van der Waals surface area (Å²) < 4.78 is 1.64. The van der Waals surface area contributed by atoms with Crippen LogP contribution in [0.25, 0.3) is 10.8 Å². The summed E-state index contributed by atoms with van der Waals surface area (Å²) in [6.45, 7) is 0.279. The molecule has 0 aliphatic heterocycles. The molecule has 0 atom stereocenters. The van der Waals surface area contributed by atoms with E-state index in [4.69, 9.17) is 0 Å². The van der Waals surface area contributed by atoms with Crippen LogP contribution in [0.4, 0.5) is 0 Å². The molecule has 0 saturated heterocycles. The molecule has 2 aromatic carbocycles. The van der Waals surface area contributed by atoms with Crippen LogP contribution in [-0.2, 0) is 6.54 Å². The minimum Gasteiger partial charge on any atom is -0.292 e. The van der Waals surface area contributed by atoms with Gasteiger partial charge in [-0.3, -0.25) is 9.48 Å². The van der Waals surface area contributed by atoms with Crippen molar-refractivity contribution in [2.24, 2.45) is 0 Å². The molecule has 0 radical (unpaired) electrons.